The van der Waals surface area contributed by atoms with Gasteiger partial charge >= 0.3 is 0 Å². The van der Waals surface area contributed by atoms with Crippen molar-refractivity contribution in [3.05, 3.63) is 0 Å². The highest BCUT2D eigenvalue weighted by molar-refractivity contribution is 5.83. The number of carbonyl (C=O) groups excluding carboxylic acids is 1. The van der Waals surface area contributed by atoms with Crippen molar-refractivity contribution >= 4 is 5.91 Å². The number of nitrogens with two attached hydrogens (primary N) is 1. The van der Waals surface area contributed by atoms with E-state index < -0.39 is 0 Å². The van der Waals surface area contributed by atoms with E-state index in [4.69, 9.17) is 5.73 Å². The molecule has 2 bridgehead atoms. The third-order valence-corrected chi connectivity index (χ3v) is 6.02. The van der Waals surface area contributed by atoms with Crippen LogP contribution in [0.3, 0.4) is 0 Å². The van der Waals surface area contributed by atoms with Crippen LogP contribution in [0.4, 0.5) is 0 Å². The van der Waals surface area contributed by atoms with Crippen molar-refractivity contribution in [2.45, 2.75) is 38.6 Å². The number of likely N-dealkylation sites (tertiary alicyclic amines) is 1. The van der Waals surface area contributed by atoms with Crippen molar-refractivity contribution in [1.82, 2.24) is 4.90 Å². The van der Waals surface area contributed by atoms with Gasteiger partial charge in [0.2, 0.25) is 5.91 Å². The molecule has 18 heavy (non-hydrogen) atoms. The van der Waals surface area contributed by atoms with Gasteiger partial charge in [-0.2, -0.15) is 0 Å². The average molecular weight is 248 g/mol. The first kappa shape index (κ1) is 11.3. The molecule has 3 nitrogen and oxygen atoms in total. The maximum absolute atomic E-state index is 12.7. The van der Waals surface area contributed by atoms with Crippen molar-refractivity contribution in [1.29, 1.82) is 0 Å². The SMILES string of the molecule is CC1CC(N)CN(C(=O)C2C3C4CCC(C4)C23)C1. The molecule has 0 spiro atoms. The lowest BCUT2D eigenvalue weighted by Crippen LogP contribution is -2.49. The fourth-order valence-electron chi connectivity index (χ4n) is 5.45. The Kier molecular flexibility index (Phi) is 2.33. The van der Waals surface area contributed by atoms with Crippen LogP contribution in [0.1, 0.15) is 32.6 Å². The smallest absolute Gasteiger partial charge is 0.226 e. The number of amides is 1. The zero-order valence-corrected chi connectivity index (χ0v) is 11.2. The van der Waals surface area contributed by atoms with E-state index in [-0.39, 0.29) is 6.04 Å². The van der Waals surface area contributed by atoms with Gasteiger partial charge in [-0.3, -0.25) is 4.79 Å². The summed E-state index contributed by atoms with van der Waals surface area (Å²) in [6.45, 7) is 3.96. The fourth-order valence-corrected chi connectivity index (χ4v) is 5.45. The third kappa shape index (κ3) is 1.49. The second kappa shape index (κ2) is 3.72. The predicted molar refractivity (Wildman–Crippen MR) is 69.6 cm³/mol. The Bertz CT molecular complexity index is 353. The van der Waals surface area contributed by atoms with Crippen molar-refractivity contribution in [3.8, 4) is 0 Å². The molecular weight excluding hydrogens is 224 g/mol. The molecule has 4 aliphatic rings. The predicted octanol–water partition coefficient (Wildman–Crippen LogP) is 1.47. The van der Waals surface area contributed by atoms with Crippen LogP contribution < -0.4 is 5.73 Å². The number of nitrogens with zero attached hydrogens (tertiary/aromatic N) is 1. The summed E-state index contributed by atoms with van der Waals surface area (Å²) in [5.41, 5.74) is 6.06. The molecule has 1 aliphatic heterocycles. The Balaban J connectivity index is 1.45. The Morgan fingerprint density at radius 2 is 1.78 bits per heavy atom. The minimum absolute atomic E-state index is 0.202. The normalized spacial score (nSPS) is 53.4. The number of fused-ring (bicyclic) bond motifs is 5. The summed E-state index contributed by atoms with van der Waals surface area (Å²) in [5.74, 6) is 4.74. The first-order valence-corrected chi connectivity index (χ1v) is 7.69. The van der Waals surface area contributed by atoms with Crippen LogP contribution in [0.2, 0.25) is 0 Å². The lowest BCUT2D eigenvalue weighted by Gasteiger charge is -2.35. The Morgan fingerprint density at radius 3 is 2.39 bits per heavy atom. The minimum Gasteiger partial charge on any atom is -0.341 e. The number of hydrogen-bond acceptors (Lipinski definition) is 2. The summed E-state index contributed by atoms with van der Waals surface area (Å²) in [6.07, 6.45) is 5.29. The molecule has 3 heteroatoms. The summed E-state index contributed by atoms with van der Waals surface area (Å²) in [6, 6.07) is 0.202. The summed E-state index contributed by atoms with van der Waals surface area (Å²) in [4.78, 5) is 14.7. The van der Waals surface area contributed by atoms with Gasteiger partial charge in [0.05, 0.1) is 0 Å². The molecule has 0 radical (unpaired) electrons. The van der Waals surface area contributed by atoms with Crippen molar-refractivity contribution in [2.24, 2.45) is 41.2 Å². The molecule has 3 saturated carbocycles. The monoisotopic (exact) mass is 248 g/mol. The van der Waals surface area contributed by atoms with E-state index >= 15 is 0 Å². The Morgan fingerprint density at radius 1 is 1.11 bits per heavy atom. The minimum atomic E-state index is 0.202. The van der Waals surface area contributed by atoms with E-state index in [0.717, 1.165) is 43.2 Å². The lowest BCUT2D eigenvalue weighted by atomic mass is 9.95. The molecule has 4 fully saturated rings. The standard InChI is InChI=1S/C15H24N2O/c1-8-4-11(16)7-17(6-8)15(18)14-12-9-2-3-10(5-9)13(12)14/h8-14H,2-7,16H2,1H3. The molecule has 0 aromatic carbocycles. The van der Waals surface area contributed by atoms with Crippen LogP contribution in [0, 0.1) is 35.5 Å². The summed E-state index contributed by atoms with van der Waals surface area (Å²) >= 11 is 0. The lowest BCUT2D eigenvalue weighted by molar-refractivity contribution is -0.135. The van der Waals surface area contributed by atoms with Crippen LogP contribution in [0.15, 0.2) is 0 Å². The van der Waals surface area contributed by atoms with Gasteiger partial charge in [0.25, 0.3) is 0 Å². The van der Waals surface area contributed by atoms with Crippen LogP contribution in [-0.2, 0) is 4.79 Å². The summed E-state index contributed by atoms with van der Waals surface area (Å²) in [7, 11) is 0. The van der Waals surface area contributed by atoms with Crippen molar-refractivity contribution in [2.75, 3.05) is 13.1 Å². The third-order valence-electron chi connectivity index (χ3n) is 6.02. The van der Waals surface area contributed by atoms with Gasteiger partial charge in [-0.15, -0.1) is 0 Å². The zero-order chi connectivity index (χ0) is 12.4. The summed E-state index contributed by atoms with van der Waals surface area (Å²) in [5, 5.41) is 0. The number of hydrogen-bond donors (Lipinski definition) is 1. The van der Waals surface area contributed by atoms with Crippen molar-refractivity contribution < 1.29 is 4.79 Å². The van der Waals surface area contributed by atoms with Gasteiger partial charge in [-0.1, -0.05) is 6.92 Å². The molecule has 6 atom stereocenters. The molecule has 1 amide bonds. The van der Waals surface area contributed by atoms with Gasteiger partial charge in [0.15, 0.2) is 0 Å². The van der Waals surface area contributed by atoms with Crippen molar-refractivity contribution in [3.63, 3.8) is 0 Å². The molecular formula is C15H24N2O. The summed E-state index contributed by atoms with van der Waals surface area (Å²) < 4.78 is 0. The van der Waals surface area contributed by atoms with E-state index in [9.17, 15) is 4.79 Å². The highest BCUT2D eigenvalue weighted by Gasteiger charge is 2.68. The highest BCUT2D eigenvalue weighted by Crippen LogP contribution is 2.69. The van der Waals surface area contributed by atoms with Crippen LogP contribution in [0.5, 0.6) is 0 Å². The highest BCUT2D eigenvalue weighted by atomic mass is 16.2. The van der Waals surface area contributed by atoms with E-state index in [0.29, 0.717) is 17.7 Å². The molecule has 6 unspecified atom stereocenters. The average Bonchev–Trinajstić information content (AvgIpc) is 2.74. The molecule has 2 N–H and O–H groups in total. The topological polar surface area (TPSA) is 46.3 Å². The quantitative estimate of drug-likeness (QED) is 0.764. The first-order valence-electron chi connectivity index (χ1n) is 7.69. The van der Waals surface area contributed by atoms with Gasteiger partial charge in [-0.05, 0) is 55.3 Å². The van der Waals surface area contributed by atoms with Gasteiger partial charge < -0.3 is 10.6 Å². The molecule has 1 heterocycles. The second-order valence-electron chi connectivity index (χ2n) is 7.36. The molecule has 3 aliphatic carbocycles. The van der Waals surface area contributed by atoms with E-state index in [1.165, 1.54) is 19.3 Å². The number of carbonyl (C=O) groups is 1. The maximum Gasteiger partial charge on any atom is 0.226 e. The molecule has 4 rings (SSSR count). The van der Waals surface area contributed by atoms with Crippen LogP contribution >= 0.6 is 0 Å². The molecule has 0 aromatic rings. The molecule has 0 aromatic heterocycles. The van der Waals surface area contributed by atoms with Gasteiger partial charge in [-0.25, -0.2) is 0 Å². The maximum atomic E-state index is 12.7. The number of rotatable bonds is 1. The Hall–Kier alpha value is -0.570. The van der Waals surface area contributed by atoms with Gasteiger partial charge in [0.1, 0.15) is 0 Å². The van der Waals surface area contributed by atoms with E-state index in [1.807, 2.05) is 0 Å². The van der Waals surface area contributed by atoms with Gasteiger partial charge in [0, 0.05) is 25.0 Å². The first-order chi connectivity index (χ1) is 8.65. The Labute approximate surface area is 109 Å². The largest absolute Gasteiger partial charge is 0.341 e. The fraction of sp³-hybridized carbons (Fsp3) is 0.933. The second-order valence-corrected chi connectivity index (χ2v) is 7.36. The van der Waals surface area contributed by atoms with Crippen LogP contribution in [0.25, 0.3) is 0 Å². The molecule has 1 saturated heterocycles. The zero-order valence-electron chi connectivity index (χ0n) is 11.2. The molecule has 100 valence electrons. The van der Waals surface area contributed by atoms with E-state index in [2.05, 4.69) is 11.8 Å². The number of piperidine rings is 1. The van der Waals surface area contributed by atoms with E-state index in [1.54, 1.807) is 0 Å². The van der Waals surface area contributed by atoms with Crippen LogP contribution in [-0.4, -0.2) is 29.9 Å².